The number of amides is 1. The molecule has 1 rings (SSSR count). The Balaban J connectivity index is 2.70. The van der Waals surface area contributed by atoms with Crippen LogP contribution in [0.1, 0.15) is 49.9 Å². The number of carbonyl (C=O) groups excluding carboxylic acids is 1. The molecule has 0 aromatic heterocycles. The molecule has 0 aliphatic rings. The minimum Gasteiger partial charge on any atom is -0.352 e. The van der Waals surface area contributed by atoms with Gasteiger partial charge in [-0.25, -0.2) is 8.42 Å². The van der Waals surface area contributed by atoms with Gasteiger partial charge in [-0.15, -0.1) is 0 Å². The molecular weight excluding hydrogens is 328 g/mol. The second kappa shape index (κ2) is 9.76. The van der Waals surface area contributed by atoms with Crippen molar-refractivity contribution >= 4 is 15.9 Å². The van der Waals surface area contributed by atoms with Gasteiger partial charge < -0.3 is 5.32 Å². The van der Waals surface area contributed by atoms with Crippen molar-refractivity contribution in [2.45, 2.75) is 44.4 Å². The summed E-state index contributed by atoms with van der Waals surface area (Å²) in [6.45, 7) is 4.92. The van der Waals surface area contributed by atoms with E-state index in [2.05, 4.69) is 19.2 Å². The fraction of sp³-hybridized carbons (Fsp3) is 0.588. The highest BCUT2D eigenvalue weighted by Gasteiger charge is 2.21. The Morgan fingerprint density at radius 1 is 1.25 bits per heavy atom. The maximum Gasteiger partial charge on any atom is 0.264 e. The molecule has 0 heterocycles. The van der Waals surface area contributed by atoms with E-state index in [-0.39, 0.29) is 10.8 Å². The zero-order chi connectivity index (χ0) is 18.2. The molecule has 0 bridgehead atoms. The molecule has 0 radical (unpaired) electrons. The maximum absolute atomic E-state index is 12.2. The van der Waals surface area contributed by atoms with Gasteiger partial charge >= 0.3 is 0 Å². The summed E-state index contributed by atoms with van der Waals surface area (Å²) in [5, 5.41) is 2.93. The third kappa shape index (κ3) is 5.58. The Morgan fingerprint density at radius 2 is 1.88 bits per heavy atom. The molecule has 0 fully saturated rings. The van der Waals surface area contributed by atoms with Crippen LogP contribution in [0.2, 0.25) is 0 Å². The van der Waals surface area contributed by atoms with Crippen LogP contribution >= 0.6 is 0 Å². The Morgan fingerprint density at radius 3 is 2.38 bits per heavy atom. The average molecular weight is 356 g/mol. The number of hydrogen-bond acceptors (Lipinski definition) is 4. The zero-order valence-electron chi connectivity index (χ0n) is 14.9. The highest BCUT2D eigenvalue weighted by atomic mass is 32.2. The topological polar surface area (TPSA) is 75.7 Å². The van der Waals surface area contributed by atoms with Gasteiger partial charge in [-0.2, -0.15) is 0 Å². The largest absolute Gasteiger partial charge is 0.352 e. The number of rotatable bonds is 10. The van der Waals surface area contributed by atoms with Crippen LogP contribution in [0.25, 0.3) is 0 Å². The van der Waals surface area contributed by atoms with Crippen LogP contribution in [0.5, 0.6) is 0 Å². The first kappa shape index (κ1) is 20.6. The van der Waals surface area contributed by atoms with Crippen molar-refractivity contribution in [1.29, 1.82) is 0 Å². The average Bonchev–Trinajstić information content (AvgIpc) is 2.60. The van der Waals surface area contributed by atoms with Crippen LogP contribution < -0.4 is 5.32 Å². The molecule has 0 spiro atoms. The summed E-state index contributed by atoms with van der Waals surface area (Å²) >= 11 is 0. The SMILES string of the molecule is CCCCC(CC)CNC(=O)c1ccc(S(=O)(=O)N(C)OC)cc1. The molecule has 0 saturated heterocycles. The lowest BCUT2D eigenvalue weighted by molar-refractivity contribution is -0.0258. The summed E-state index contributed by atoms with van der Waals surface area (Å²) in [7, 11) is -1.10. The van der Waals surface area contributed by atoms with E-state index in [1.807, 2.05) is 0 Å². The second-order valence-corrected chi connectivity index (χ2v) is 7.68. The van der Waals surface area contributed by atoms with E-state index in [9.17, 15) is 13.2 Å². The summed E-state index contributed by atoms with van der Waals surface area (Å²) in [4.78, 5) is 17.0. The van der Waals surface area contributed by atoms with E-state index in [4.69, 9.17) is 4.84 Å². The van der Waals surface area contributed by atoms with E-state index < -0.39 is 10.0 Å². The highest BCUT2D eigenvalue weighted by Crippen LogP contribution is 2.16. The molecule has 24 heavy (non-hydrogen) atoms. The van der Waals surface area contributed by atoms with Crippen LogP contribution in [0.15, 0.2) is 29.2 Å². The molecule has 1 atom stereocenters. The van der Waals surface area contributed by atoms with E-state index in [1.165, 1.54) is 38.4 Å². The van der Waals surface area contributed by atoms with Gasteiger partial charge in [-0.05, 0) is 36.6 Å². The third-order valence-electron chi connectivity index (χ3n) is 4.10. The van der Waals surface area contributed by atoms with Gasteiger partial charge in [0.1, 0.15) is 0 Å². The van der Waals surface area contributed by atoms with Gasteiger partial charge in [0.05, 0.1) is 12.0 Å². The smallest absolute Gasteiger partial charge is 0.264 e. The fourth-order valence-corrected chi connectivity index (χ4v) is 3.28. The van der Waals surface area contributed by atoms with E-state index >= 15 is 0 Å². The van der Waals surface area contributed by atoms with Gasteiger partial charge in [-0.3, -0.25) is 9.63 Å². The predicted molar refractivity (Wildman–Crippen MR) is 94.0 cm³/mol. The lowest BCUT2D eigenvalue weighted by Gasteiger charge is -2.16. The van der Waals surface area contributed by atoms with Crippen LogP contribution in [-0.2, 0) is 14.9 Å². The minimum absolute atomic E-state index is 0.0813. The maximum atomic E-state index is 12.2. The molecule has 1 aromatic carbocycles. The summed E-state index contributed by atoms with van der Waals surface area (Å²) in [6, 6.07) is 5.85. The van der Waals surface area contributed by atoms with E-state index in [1.54, 1.807) is 0 Å². The number of sulfonamides is 1. The molecule has 1 unspecified atom stereocenters. The third-order valence-corrected chi connectivity index (χ3v) is 5.80. The Bertz CT molecular complexity index is 614. The molecule has 7 heteroatoms. The molecule has 1 amide bonds. The van der Waals surface area contributed by atoms with Crippen LogP contribution in [0, 0.1) is 5.92 Å². The molecule has 1 N–H and O–H groups in total. The first-order valence-corrected chi connectivity index (χ1v) is 9.72. The van der Waals surface area contributed by atoms with Gasteiger partial charge in [-0.1, -0.05) is 37.6 Å². The van der Waals surface area contributed by atoms with Crippen molar-refractivity contribution in [2.75, 3.05) is 20.7 Å². The molecule has 136 valence electrons. The molecule has 0 aliphatic heterocycles. The van der Waals surface area contributed by atoms with Crippen molar-refractivity contribution in [1.82, 2.24) is 9.79 Å². The molecule has 1 aromatic rings. The van der Waals surface area contributed by atoms with E-state index in [0.29, 0.717) is 18.0 Å². The van der Waals surface area contributed by atoms with Gasteiger partial charge in [0.2, 0.25) is 0 Å². The highest BCUT2D eigenvalue weighted by molar-refractivity contribution is 7.89. The lowest BCUT2D eigenvalue weighted by Crippen LogP contribution is -2.29. The van der Waals surface area contributed by atoms with Crippen LogP contribution in [0.3, 0.4) is 0 Å². The Labute approximate surface area is 145 Å². The molecule has 0 aliphatic carbocycles. The lowest BCUT2D eigenvalue weighted by atomic mass is 9.99. The molecule has 0 saturated carbocycles. The Kier molecular flexibility index (Phi) is 8.38. The van der Waals surface area contributed by atoms with Crippen molar-refractivity contribution < 1.29 is 18.0 Å². The predicted octanol–water partition coefficient (Wildman–Crippen LogP) is 2.81. The van der Waals surface area contributed by atoms with Crippen molar-refractivity contribution in [2.24, 2.45) is 5.92 Å². The van der Waals surface area contributed by atoms with Crippen LogP contribution in [0.4, 0.5) is 0 Å². The number of hydroxylamine groups is 1. The Hall–Kier alpha value is -1.44. The zero-order valence-corrected chi connectivity index (χ0v) is 15.7. The first-order chi connectivity index (χ1) is 11.4. The summed E-state index contributed by atoms with van der Waals surface area (Å²) in [5.74, 6) is 0.290. The summed E-state index contributed by atoms with van der Waals surface area (Å²) in [6.07, 6.45) is 4.44. The van der Waals surface area contributed by atoms with Crippen molar-refractivity contribution in [3.63, 3.8) is 0 Å². The number of carbonyl (C=O) groups is 1. The summed E-state index contributed by atoms with van der Waals surface area (Å²) in [5.41, 5.74) is 0.444. The van der Waals surface area contributed by atoms with Gasteiger partial charge in [0, 0.05) is 19.2 Å². The molecule has 6 nitrogen and oxygen atoms in total. The standard InChI is InChI=1S/C17H28N2O4S/c1-5-7-8-14(6-2)13-18-17(20)15-9-11-16(12-10-15)24(21,22)19(3)23-4/h9-12,14H,5-8,13H2,1-4H3,(H,18,20). The van der Waals surface area contributed by atoms with Crippen LogP contribution in [-0.4, -0.2) is 39.5 Å². The summed E-state index contributed by atoms with van der Waals surface area (Å²) < 4.78 is 25.0. The first-order valence-electron chi connectivity index (χ1n) is 8.28. The van der Waals surface area contributed by atoms with Crippen molar-refractivity contribution in [3.05, 3.63) is 29.8 Å². The monoisotopic (exact) mass is 356 g/mol. The van der Waals surface area contributed by atoms with Gasteiger partial charge in [0.15, 0.2) is 0 Å². The number of benzene rings is 1. The normalized spacial score (nSPS) is 13.0. The molecular formula is C17H28N2O4S. The van der Waals surface area contributed by atoms with E-state index in [0.717, 1.165) is 30.2 Å². The number of nitrogens with one attached hydrogen (secondary N) is 1. The number of nitrogens with zero attached hydrogens (tertiary/aromatic N) is 1. The number of hydrogen-bond donors (Lipinski definition) is 1. The minimum atomic E-state index is -3.69. The van der Waals surface area contributed by atoms with Gasteiger partial charge in [0.25, 0.3) is 15.9 Å². The van der Waals surface area contributed by atoms with Crippen molar-refractivity contribution in [3.8, 4) is 0 Å². The quantitative estimate of drug-likeness (QED) is 0.654. The number of unbranched alkanes of at least 4 members (excludes halogenated alkanes) is 1. The fourth-order valence-electron chi connectivity index (χ4n) is 2.31. The second-order valence-electron chi connectivity index (χ2n) is 5.75.